The van der Waals surface area contributed by atoms with Gasteiger partial charge in [0.2, 0.25) is 5.91 Å². The van der Waals surface area contributed by atoms with Crippen molar-refractivity contribution in [3.05, 3.63) is 84.2 Å². The lowest BCUT2D eigenvalue weighted by Crippen LogP contribution is -2.32. The zero-order valence-electron chi connectivity index (χ0n) is 22.6. The molecule has 44 heavy (non-hydrogen) atoms. The summed E-state index contributed by atoms with van der Waals surface area (Å²) in [6.07, 6.45) is -3.36. The standard InChI is InChI=1S/C28H21F3N6O6S/c1-16-12-18(25(39)40)4-11-22(16)37-23(38)13-44-27(37)34-26(41)33-15-42-20-7-2-17(3-8-20)24-32-14-36(35-24)19-5-9-21(10-6-19)43-28(29,30)31/h2-12,14H,13,15H2,1H3,(H,33,41)(H,39,40). The minimum Gasteiger partial charge on any atom is -0.478 e. The number of hydrogen-bond donors (Lipinski definition) is 2. The van der Waals surface area contributed by atoms with E-state index in [0.717, 1.165) is 11.8 Å². The van der Waals surface area contributed by atoms with E-state index in [9.17, 15) is 32.7 Å². The number of amidine groups is 1. The maximum absolute atomic E-state index is 12.5. The van der Waals surface area contributed by atoms with Crippen LogP contribution in [0.15, 0.2) is 78.0 Å². The van der Waals surface area contributed by atoms with Gasteiger partial charge < -0.3 is 19.9 Å². The maximum Gasteiger partial charge on any atom is 0.573 e. The van der Waals surface area contributed by atoms with Crippen LogP contribution in [0.5, 0.6) is 11.5 Å². The van der Waals surface area contributed by atoms with Gasteiger partial charge in [0.05, 0.1) is 22.7 Å². The van der Waals surface area contributed by atoms with E-state index in [1.165, 1.54) is 58.4 Å². The fourth-order valence-electron chi connectivity index (χ4n) is 4.05. The van der Waals surface area contributed by atoms with Crippen molar-refractivity contribution in [2.75, 3.05) is 17.4 Å². The third kappa shape index (κ3) is 7.15. The number of rotatable bonds is 8. The Labute approximate surface area is 251 Å². The Bertz CT molecular complexity index is 1740. The molecule has 5 rings (SSSR count). The van der Waals surface area contributed by atoms with Gasteiger partial charge in [0.15, 0.2) is 17.7 Å². The zero-order chi connectivity index (χ0) is 31.4. The van der Waals surface area contributed by atoms with Crippen molar-refractivity contribution < 1.29 is 42.1 Å². The molecule has 0 radical (unpaired) electrons. The number of amides is 3. The first-order valence-corrected chi connectivity index (χ1v) is 13.6. The summed E-state index contributed by atoms with van der Waals surface area (Å²) in [7, 11) is 0. The van der Waals surface area contributed by atoms with Gasteiger partial charge in [-0.25, -0.2) is 19.3 Å². The summed E-state index contributed by atoms with van der Waals surface area (Å²) in [5.74, 6) is -0.888. The molecule has 0 saturated carbocycles. The van der Waals surface area contributed by atoms with Crippen molar-refractivity contribution >= 4 is 40.5 Å². The number of benzene rings is 3. The maximum atomic E-state index is 12.5. The molecule has 1 aliphatic rings. The molecule has 12 nitrogen and oxygen atoms in total. The lowest BCUT2D eigenvalue weighted by atomic mass is 10.1. The highest BCUT2D eigenvalue weighted by molar-refractivity contribution is 8.15. The number of aromatic carboxylic acids is 1. The van der Waals surface area contributed by atoms with Crippen LogP contribution < -0.4 is 19.7 Å². The molecule has 2 heterocycles. The van der Waals surface area contributed by atoms with Crippen molar-refractivity contribution in [1.29, 1.82) is 0 Å². The van der Waals surface area contributed by atoms with E-state index in [-0.39, 0.29) is 34.9 Å². The van der Waals surface area contributed by atoms with Crippen LogP contribution in [0.4, 0.5) is 23.7 Å². The molecular formula is C28H21F3N6O6S. The molecule has 0 bridgehead atoms. The van der Waals surface area contributed by atoms with E-state index in [4.69, 9.17) is 4.74 Å². The topological polar surface area (TPSA) is 148 Å². The number of ether oxygens (including phenoxy) is 2. The van der Waals surface area contributed by atoms with Crippen LogP contribution in [-0.4, -0.2) is 61.8 Å². The number of carbonyl (C=O) groups excluding carboxylic acids is 2. The number of carboxylic acids is 1. The number of aliphatic imine (C=N–C) groups is 1. The van der Waals surface area contributed by atoms with Crippen LogP contribution in [0.1, 0.15) is 15.9 Å². The molecule has 3 aromatic carbocycles. The highest BCUT2D eigenvalue weighted by Crippen LogP contribution is 2.30. The van der Waals surface area contributed by atoms with E-state index in [0.29, 0.717) is 34.1 Å². The van der Waals surface area contributed by atoms with Gasteiger partial charge >= 0.3 is 18.4 Å². The first-order chi connectivity index (χ1) is 21.0. The van der Waals surface area contributed by atoms with Crippen molar-refractivity contribution in [2.45, 2.75) is 13.3 Å². The van der Waals surface area contributed by atoms with E-state index in [1.54, 1.807) is 31.2 Å². The monoisotopic (exact) mass is 626 g/mol. The average molecular weight is 627 g/mol. The van der Waals surface area contributed by atoms with Crippen molar-refractivity contribution in [1.82, 2.24) is 20.1 Å². The number of thioether (sulfide) groups is 1. The fourth-order valence-corrected chi connectivity index (χ4v) is 4.91. The molecule has 3 amide bonds. The van der Waals surface area contributed by atoms with Gasteiger partial charge in [-0.1, -0.05) is 11.8 Å². The van der Waals surface area contributed by atoms with Gasteiger partial charge in [-0.15, -0.1) is 18.3 Å². The number of hydrogen-bond acceptors (Lipinski definition) is 8. The molecule has 1 saturated heterocycles. The zero-order valence-corrected chi connectivity index (χ0v) is 23.4. The van der Waals surface area contributed by atoms with E-state index >= 15 is 0 Å². The van der Waals surface area contributed by atoms with Crippen LogP contribution >= 0.6 is 11.8 Å². The minimum absolute atomic E-state index is 0.0741. The summed E-state index contributed by atoms with van der Waals surface area (Å²) in [5.41, 5.74) is 2.16. The third-order valence-corrected chi connectivity index (χ3v) is 6.97. The van der Waals surface area contributed by atoms with E-state index in [2.05, 4.69) is 25.1 Å². The molecule has 226 valence electrons. The number of alkyl halides is 3. The number of halogens is 3. The number of carbonyl (C=O) groups is 3. The van der Waals surface area contributed by atoms with Gasteiger partial charge in [0.25, 0.3) is 0 Å². The molecule has 1 fully saturated rings. The van der Waals surface area contributed by atoms with Gasteiger partial charge in [0, 0.05) is 5.56 Å². The molecule has 0 aliphatic carbocycles. The number of nitrogens with one attached hydrogen (secondary N) is 1. The summed E-state index contributed by atoms with van der Waals surface area (Å²) < 4.78 is 47.9. The minimum atomic E-state index is -4.78. The number of anilines is 1. The fraction of sp³-hybridized carbons (Fsp3) is 0.143. The van der Waals surface area contributed by atoms with Gasteiger partial charge in [-0.05, 0) is 79.2 Å². The molecule has 2 N–H and O–H groups in total. The number of urea groups is 1. The smallest absolute Gasteiger partial charge is 0.478 e. The van der Waals surface area contributed by atoms with E-state index in [1.807, 2.05) is 0 Å². The van der Waals surface area contributed by atoms with E-state index < -0.39 is 18.4 Å². The molecule has 0 spiro atoms. The number of nitrogens with zero attached hydrogens (tertiary/aromatic N) is 5. The third-order valence-electron chi connectivity index (χ3n) is 6.05. The Morgan fingerprint density at radius 1 is 1.07 bits per heavy atom. The molecular weight excluding hydrogens is 605 g/mol. The van der Waals surface area contributed by atoms with Crippen LogP contribution in [0.3, 0.4) is 0 Å². The lowest BCUT2D eigenvalue weighted by molar-refractivity contribution is -0.274. The quantitative estimate of drug-likeness (QED) is 0.257. The molecule has 4 aromatic rings. The SMILES string of the molecule is Cc1cc(C(=O)O)ccc1N1C(=O)CSC1=NC(=O)NCOc1ccc(-c2ncn(-c3ccc(OC(F)(F)F)cc3)n2)cc1. The first kappa shape index (κ1) is 30.1. The summed E-state index contributed by atoms with van der Waals surface area (Å²) in [6.45, 7) is 1.44. The molecule has 0 unspecified atom stereocenters. The Hall–Kier alpha value is -5.38. The molecule has 1 aromatic heterocycles. The molecule has 16 heteroatoms. The predicted molar refractivity (Wildman–Crippen MR) is 153 cm³/mol. The second-order valence-corrected chi connectivity index (χ2v) is 10.0. The summed E-state index contributed by atoms with van der Waals surface area (Å²) >= 11 is 1.08. The summed E-state index contributed by atoms with van der Waals surface area (Å²) in [6, 6.07) is 15.4. The largest absolute Gasteiger partial charge is 0.573 e. The lowest BCUT2D eigenvalue weighted by Gasteiger charge is -2.18. The van der Waals surface area contributed by atoms with Crippen molar-refractivity contribution in [3.63, 3.8) is 0 Å². The average Bonchev–Trinajstić information content (AvgIpc) is 3.60. The molecule has 1 aliphatic heterocycles. The normalized spacial score (nSPS) is 14.1. The Morgan fingerprint density at radius 3 is 2.43 bits per heavy atom. The van der Waals surface area contributed by atoms with Crippen LogP contribution in [0.2, 0.25) is 0 Å². The van der Waals surface area contributed by atoms with Crippen molar-refractivity contribution in [2.24, 2.45) is 4.99 Å². The summed E-state index contributed by atoms with van der Waals surface area (Å²) in [4.78, 5) is 45.7. The highest BCUT2D eigenvalue weighted by atomic mass is 32.2. The Kier molecular flexibility index (Phi) is 8.52. The Morgan fingerprint density at radius 2 is 1.77 bits per heavy atom. The highest BCUT2D eigenvalue weighted by Gasteiger charge is 2.32. The molecule has 0 atom stereocenters. The van der Waals surface area contributed by atoms with Crippen molar-refractivity contribution in [3.8, 4) is 28.6 Å². The number of carboxylic acid groups (broad SMARTS) is 1. The second kappa shape index (κ2) is 12.5. The second-order valence-electron chi connectivity index (χ2n) is 9.07. The number of aryl methyl sites for hydroxylation is 1. The Balaban J connectivity index is 1.16. The van der Waals surface area contributed by atoms with Crippen LogP contribution in [-0.2, 0) is 4.79 Å². The first-order valence-electron chi connectivity index (χ1n) is 12.6. The number of aromatic nitrogens is 3. The van der Waals surface area contributed by atoms with Crippen LogP contribution in [0.25, 0.3) is 17.1 Å². The summed E-state index contributed by atoms with van der Waals surface area (Å²) in [5, 5.41) is 16.2. The van der Waals surface area contributed by atoms with Crippen LogP contribution in [0, 0.1) is 6.92 Å². The van der Waals surface area contributed by atoms with Gasteiger partial charge in [-0.3, -0.25) is 9.69 Å². The van der Waals surface area contributed by atoms with Gasteiger partial charge in [0.1, 0.15) is 17.8 Å². The van der Waals surface area contributed by atoms with Gasteiger partial charge in [-0.2, -0.15) is 4.99 Å². The predicted octanol–water partition coefficient (Wildman–Crippen LogP) is 5.02.